The molecule has 0 bridgehead atoms. The van der Waals surface area contributed by atoms with E-state index < -0.39 is 16.5 Å². The molecule has 4 aliphatic rings. The molecule has 0 spiro atoms. The van der Waals surface area contributed by atoms with Crippen LogP contribution >= 0.6 is 0 Å². The summed E-state index contributed by atoms with van der Waals surface area (Å²) >= 11 is 0. The van der Waals surface area contributed by atoms with Crippen molar-refractivity contribution in [3.05, 3.63) is 0 Å². The molecule has 4 fully saturated rings. The summed E-state index contributed by atoms with van der Waals surface area (Å²) in [6.45, 7) is 17.4. The van der Waals surface area contributed by atoms with Crippen LogP contribution in [0.25, 0.3) is 0 Å². The van der Waals surface area contributed by atoms with Crippen molar-refractivity contribution in [3.8, 4) is 0 Å². The fraction of sp³-hybridized carbons (Fsp3) is 1.00. The molecular weight excluding hydrogens is 612 g/mol. The SMILES string of the molecule is CC(CC[C@@H](OS(=O)(=O)O)C(C)C)[C@H]1CCC2C1[C@H](C)CC1C2[C@H](O)C[C@H]2C[C@@H](NCCCNCCCCNCCCN)CC[C@]12C. The Morgan fingerprint density at radius 2 is 1.57 bits per heavy atom. The van der Waals surface area contributed by atoms with E-state index in [2.05, 4.69) is 36.7 Å². The van der Waals surface area contributed by atoms with Gasteiger partial charge < -0.3 is 26.8 Å². The molecule has 9 nitrogen and oxygen atoms in total. The molecule has 0 aromatic rings. The third kappa shape index (κ3) is 10.6. The Morgan fingerprint density at radius 3 is 2.23 bits per heavy atom. The summed E-state index contributed by atoms with van der Waals surface area (Å²) in [5.74, 6) is 4.56. The molecule has 276 valence electrons. The van der Waals surface area contributed by atoms with Crippen LogP contribution in [0.1, 0.15) is 118 Å². The molecule has 47 heavy (non-hydrogen) atoms. The molecule has 5 unspecified atom stereocenters. The molecule has 4 rings (SSSR count). The van der Waals surface area contributed by atoms with Gasteiger partial charge in [-0.15, -0.1) is 0 Å². The van der Waals surface area contributed by atoms with Crippen LogP contribution in [0, 0.1) is 58.7 Å². The quantitative estimate of drug-likeness (QED) is 0.0735. The Hall–Kier alpha value is -0.330. The van der Waals surface area contributed by atoms with E-state index in [-0.39, 0.29) is 12.0 Å². The lowest BCUT2D eigenvalue weighted by Crippen LogP contribution is -2.59. The van der Waals surface area contributed by atoms with Crippen LogP contribution < -0.4 is 21.7 Å². The van der Waals surface area contributed by atoms with E-state index >= 15 is 0 Å². The Bertz CT molecular complexity index is 1030. The van der Waals surface area contributed by atoms with Crippen molar-refractivity contribution in [1.82, 2.24) is 16.0 Å². The first-order valence-electron chi connectivity index (χ1n) is 19.5. The van der Waals surface area contributed by atoms with Crippen LogP contribution in [-0.2, 0) is 14.6 Å². The van der Waals surface area contributed by atoms with Crippen LogP contribution in [0.4, 0.5) is 0 Å². The number of aliphatic hydroxyl groups is 1. The standard InChI is InChI=1S/C37H72N4O5S/c1-25(2)34(46-47(43,44)45)13-10-26(3)30-11-12-31-35(30)27(4)22-32-36(31)33(42)24-28-23-29(14-15-37(28,32)5)41-21-9-20-40-18-7-6-17-39-19-8-16-38/h25-36,39-42H,6-24,38H2,1-5H3,(H,43,44,45)/t26?,27-,28-,29+,30-,31?,32?,33-,34-,35?,36?,37+/m1/s1. The number of aliphatic hydroxyl groups excluding tert-OH is 1. The molecule has 0 aromatic heterocycles. The molecule has 10 heteroatoms. The number of unbranched alkanes of at least 4 members (excludes halogenated alkanes) is 1. The fourth-order valence-corrected chi connectivity index (χ4v) is 11.6. The van der Waals surface area contributed by atoms with Crippen molar-refractivity contribution in [2.75, 3.05) is 39.3 Å². The van der Waals surface area contributed by atoms with Gasteiger partial charge in [0.1, 0.15) is 0 Å². The predicted octanol–water partition coefficient (Wildman–Crippen LogP) is 5.39. The van der Waals surface area contributed by atoms with Gasteiger partial charge in [-0.2, -0.15) is 8.42 Å². The van der Waals surface area contributed by atoms with Crippen LogP contribution in [0.5, 0.6) is 0 Å². The first kappa shape index (κ1) is 39.5. The predicted molar refractivity (Wildman–Crippen MR) is 191 cm³/mol. The van der Waals surface area contributed by atoms with Gasteiger partial charge in [-0.3, -0.25) is 4.55 Å². The third-order valence-corrected chi connectivity index (χ3v) is 14.0. The van der Waals surface area contributed by atoms with Crippen molar-refractivity contribution in [2.45, 2.75) is 136 Å². The molecular formula is C37H72N4O5S. The fourth-order valence-electron chi connectivity index (χ4n) is 11.0. The summed E-state index contributed by atoms with van der Waals surface area (Å²) < 4.78 is 37.2. The zero-order valence-electron chi connectivity index (χ0n) is 30.5. The van der Waals surface area contributed by atoms with E-state index in [9.17, 15) is 18.1 Å². The van der Waals surface area contributed by atoms with Crippen LogP contribution in [-0.4, -0.2) is 75.6 Å². The summed E-state index contributed by atoms with van der Waals surface area (Å²) in [4.78, 5) is 0. The minimum absolute atomic E-state index is 0.0168. The lowest BCUT2D eigenvalue weighted by Gasteiger charge is -2.62. The van der Waals surface area contributed by atoms with Crippen molar-refractivity contribution in [1.29, 1.82) is 0 Å². The van der Waals surface area contributed by atoms with Crippen LogP contribution in [0.3, 0.4) is 0 Å². The second-order valence-corrected chi connectivity index (χ2v) is 17.9. The minimum atomic E-state index is -4.45. The average Bonchev–Trinajstić information content (AvgIpc) is 3.46. The van der Waals surface area contributed by atoms with E-state index in [1.807, 2.05) is 13.8 Å². The Morgan fingerprint density at radius 1 is 0.894 bits per heavy atom. The van der Waals surface area contributed by atoms with Gasteiger partial charge >= 0.3 is 10.4 Å². The van der Waals surface area contributed by atoms with Gasteiger partial charge in [0, 0.05) is 6.04 Å². The van der Waals surface area contributed by atoms with Gasteiger partial charge in [0.15, 0.2) is 0 Å². The van der Waals surface area contributed by atoms with Gasteiger partial charge in [-0.05, 0) is 181 Å². The Labute approximate surface area is 288 Å². The topological polar surface area (TPSA) is 146 Å². The normalized spacial score (nSPS) is 36.9. The summed E-state index contributed by atoms with van der Waals surface area (Å²) in [6.07, 6.45) is 13.8. The molecule has 0 aromatic carbocycles. The highest BCUT2D eigenvalue weighted by Crippen LogP contribution is 2.65. The number of hydrogen-bond acceptors (Lipinski definition) is 8. The highest BCUT2D eigenvalue weighted by atomic mass is 32.3. The molecule has 0 amide bonds. The number of nitrogens with two attached hydrogens (primary N) is 1. The van der Waals surface area contributed by atoms with Crippen molar-refractivity contribution in [2.24, 2.45) is 64.4 Å². The summed E-state index contributed by atoms with van der Waals surface area (Å²) in [5, 5.41) is 22.8. The maximum Gasteiger partial charge on any atom is 0.397 e. The van der Waals surface area contributed by atoms with Gasteiger partial charge in [-0.25, -0.2) is 4.18 Å². The smallest absolute Gasteiger partial charge is 0.393 e. The second kappa shape index (κ2) is 18.2. The lowest BCUT2D eigenvalue weighted by molar-refractivity contribution is -0.160. The molecule has 0 radical (unpaired) electrons. The Kier molecular flexibility index (Phi) is 15.3. The zero-order valence-corrected chi connectivity index (χ0v) is 31.3. The molecule has 12 atom stereocenters. The van der Waals surface area contributed by atoms with E-state index in [0.29, 0.717) is 65.2 Å². The first-order valence-corrected chi connectivity index (χ1v) is 20.9. The number of fused-ring (bicyclic) bond motifs is 5. The van der Waals surface area contributed by atoms with E-state index in [4.69, 9.17) is 9.92 Å². The third-order valence-electron chi connectivity index (χ3n) is 13.5. The van der Waals surface area contributed by atoms with E-state index in [1.54, 1.807) is 0 Å². The molecule has 4 aliphatic carbocycles. The zero-order chi connectivity index (χ0) is 34.2. The molecule has 0 aliphatic heterocycles. The summed E-state index contributed by atoms with van der Waals surface area (Å²) in [5.41, 5.74) is 5.86. The van der Waals surface area contributed by atoms with Gasteiger partial charge in [0.2, 0.25) is 0 Å². The van der Waals surface area contributed by atoms with Crippen molar-refractivity contribution >= 4 is 10.4 Å². The number of hydrogen-bond donors (Lipinski definition) is 6. The maximum atomic E-state index is 11.8. The van der Waals surface area contributed by atoms with Crippen molar-refractivity contribution < 1.29 is 22.3 Å². The second-order valence-electron chi connectivity index (χ2n) is 16.9. The number of rotatable bonds is 20. The molecule has 7 N–H and O–H groups in total. The largest absolute Gasteiger partial charge is 0.397 e. The maximum absolute atomic E-state index is 11.8. The van der Waals surface area contributed by atoms with E-state index in [0.717, 1.165) is 65.0 Å². The highest BCUT2D eigenvalue weighted by molar-refractivity contribution is 7.80. The van der Waals surface area contributed by atoms with Gasteiger partial charge in [-0.1, -0.05) is 34.6 Å². The van der Waals surface area contributed by atoms with Crippen LogP contribution in [0.2, 0.25) is 0 Å². The van der Waals surface area contributed by atoms with Gasteiger partial charge in [0.05, 0.1) is 12.2 Å². The lowest BCUT2D eigenvalue weighted by atomic mass is 9.44. The monoisotopic (exact) mass is 685 g/mol. The first-order chi connectivity index (χ1) is 22.4. The number of nitrogens with one attached hydrogen (secondary N) is 3. The molecule has 0 saturated heterocycles. The van der Waals surface area contributed by atoms with Gasteiger partial charge in [0.25, 0.3) is 0 Å². The van der Waals surface area contributed by atoms with Crippen LogP contribution in [0.15, 0.2) is 0 Å². The molecule has 4 saturated carbocycles. The summed E-state index contributed by atoms with van der Waals surface area (Å²) in [6, 6.07) is 0.571. The highest BCUT2D eigenvalue weighted by Gasteiger charge is 2.61. The molecule has 0 heterocycles. The van der Waals surface area contributed by atoms with E-state index in [1.165, 1.54) is 51.4 Å². The average molecular weight is 685 g/mol. The Balaban J connectivity index is 1.23. The summed E-state index contributed by atoms with van der Waals surface area (Å²) in [7, 11) is -4.45. The van der Waals surface area contributed by atoms with Crippen molar-refractivity contribution in [3.63, 3.8) is 0 Å². The minimum Gasteiger partial charge on any atom is -0.393 e.